The molecule has 1 heterocycles. The second-order valence-electron chi connectivity index (χ2n) is 9.66. The van der Waals surface area contributed by atoms with Crippen molar-refractivity contribution < 1.29 is 19.4 Å². The molecular formula is C29H36N2O4. The van der Waals surface area contributed by atoms with Crippen LogP contribution in [0.15, 0.2) is 67.3 Å². The molecule has 2 aromatic carbocycles. The van der Waals surface area contributed by atoms with Crippen LogP contribution in [-0.2, 0) is 14.9 Å². The lowest BCUT2D eigenvalue weighted by molar-refractivity contribution is -0.148. The molecule has 2 aromatic rings. The van der Waals surface area contributed by atoms with Crippen molar-refractivity contribution in [2.24, 2.45) is 0 Å². The summed E-state index contributed by atoms with van der Waals surface area (Å²) in [4.78, 5) is 15.2. The van der Waals surface area contributed by atoms with Gasteiger partial charge in [-0.2, -0.15) is 0 Å². The van der Waals surface area contributed by atoms with E-state index in [1.807, 2.05) is 31.4 Å². The summed E-state index contributed by atoms with van der Waals surface area (Å²) in [6.07, 6.45) is 8.62. The van der Waals surface area contributed by atoms with Crippen molar-refractivity contribution in [1.29, 1.82) is 0 Å². The van der Waals surface area contributed by atoms with Crippen molar-refractivity contribution in [1.82, 2.24) is 10.2 Å². The van der Waals surface area contributed by atoms with Gasteiger partial charge in [-0.15, -0.1) is 6.58 Å². The minimum absolute atomic E-state index is 0.0248. The number of nitrogens with zero attached hydrogens (tertiary/aromatic N) is 1. The SMILES string of the molecule is C=CCN1CC[C@@]2(c3cccc(OC)c3)C[C@@H](NC(=O)C=Cc3cccc(O)c3)CC[C@]2(OC)C1. The average Bonchev–Trinajstić information content (AvgIpc) is 2.88. The maximum Gasteiger partial charge on any atom is 0.244 e. The summed E-state index contributed by atoms with van der Waals surface area (Å²) in [5, 5.41) is 12.9. The Hall–Kier alpha value is -3.09. The fraction of sp³-hybridized carbons (Fsp3) is 0.414. The molecule has 1 aliphatic carbocycles. The summed E-state index contributed by atoms with van der Waals surface area (Å²) in [6, 6.07) is 15.2. The van der Waals surface area contributed by atoms with Gasteiger partial charge in [-0.25, -0.2) is 0 Å². The van der Waals surface area contributed by atoms with Crippen LogP contribution in [0.25, 0.3) is 6.08 Å². The van der Waals surface area contributed by atoms with E-state index in [0.29, 0.717) is 0 Å². The molecule has 0 radical (unpaired) electrons. The van der Waals surface area contributed by atoms with E-state index in [1.54, 1.807) is 31.4 Å². The number of aromatic hydroxyl groups is 1. The van der Waals surface area contributed by atoms with Crippen molar-refractivity contribution in [3.05, 3.63) is 78.4 Å². The van der Waals surface area contributed by atoms with Gasteiger partial charge in [-0.3, -0.25) is 9.69 Å². The first kappa shape index (κ1) is 25.0. The van der Waals surface area contributed by atoms with Gasteiger partial charge in [0.25, 0.3) is 0 Å². The number of ether oxygens (including phenoxy) is 2. The topological polar surface area (TPSA) is 71.0 Å². The Labute approximate surface area is 208 Å². The van der Waals surface area contributed by atoms with Gasteiger partial charge in [0.15, 0.2) is 0 Å². The van der Waals surface area contributed by atoms with Gasteiger partial charge >= 0.3 is 0 Å². The number of phenolic OH excluding ortho intramolecular Hbond substituents is 1. The molecule has 0 aromatic heterocycles. The van der Waals surface area contributed by atoms with Gasteiger partial charge in [-0.1, -0.05) is 30.3 Å². The summed E-state index contributed by atoms with van der Waals surface area (Å²) in [6.45, 7) is 6.52. The molecule has 1 aliphatic heterocycles. The Morgan fingerprint density at radius 2 is 2.06 bits per heavy atom. The minimum Gasteiger partial charge on any atom is -0.508 e. The summed E-state index contributed by atoms with van der Waals surface area (Å²) >= 11 is 0. The third-order valence-corrected chi connectivity index (χ3v) is 7.74. The number of fused-ring (bicyclic) bond motifs is 1. The highest BCUT2D eigenvalue weighted by Gasteiger charge is 2.58. The van der Waals surface area contributed by atoms with E-state index >= 15 is 0 Å². The Morgan fingerprint density at radius 1 is 1.23 bits per heavy atom. The first-order valence-electron chi connectivity index (χ1n) is 12.2. The lowest BCUT2D eigenvalue weighted by Gasteiger charge is -2.59. The van der Waals surface area contributed by atoms with Crippen LogP contribution in [0.3, 0.4) is 0 Å². The number of carbonyl (C=O) groups is 1. The number of piperidine rings is 1. The van der Waals surface area contributed by atoms with Crippen LogP contribution in [0, 0.1) is 0 Å². The fourth-order valence-electron chi connectivity index (χ4n) is 6.02. The Balaban J connectivity index is 1.60. The number of carbonyl (C=O) groups excluding carboxylic acids is 1. The van der Waals surface area contributed by atoms with Crippen molar-refractivity contribution in [3.63, 3.8) is 0 Å². The van der Waals surface area contributed by atoms with Crippen LogP contribution in [0.4, 0.5) is 0 Å². The van der Waals surface area contributed by atoms with Crippen LogP contribution in [0.2, 0.25) is 0 Å². The normalized spacial score (nSPS) is 26.7. The highest BCUT2D eigenvalue weighted by atomic mass is 16.5. The van der Waals surface area contributed by atoms with Crippen molar-refractivity contribution in [2.75, 3.05) is 33.9 Å². The van der Waals surface area contributed by atoms with Crippen LogP contribution < -0.4 is 10.1 Å². The van der Waals surface area contributed by atoms with Crippen molar-refractivity contribution >= 4 is 12.0 Å². The fourth-order valence-corrected chi connectivity index (χ4v) is 6.02. The van der Waals surface area contributed by atoms with Gasteiger partial charge in [0, 0.05) is 37.7 Å². The first-order chi connectivity index (χ1) is 16.9. The van der Waals surface area contributed by atoms with E-state index in [9.17, 15) is 9.90 Å². The molecule has 35 heavy (non-hydrogen) atoms. The molecule has 2 N–H and O–H groups in total. The van der Waals surface area contributed by atoms with Gasteiger partial charge in [-0.05, 0) is 73.7 Å². The molecule has 1 saturated carbocycles. The van der Waals surface area contributed by atoms with Gasteiger partial charge in [0.05, 0.1) is 12.7 Å². The van der Waals surface area contributed by atoms with E-state index in [0.717, 1.165) is 56.6 Å². The summed E-state index contributed by atoms with van der Waals surface area (Å²) < 4.78 is 12.0. The van der Waals surface area contributed by atoms with Crippen LogP contribution in [0.1, 0.15) is 36.8 Å². The highest BCUT2D eigenvalue weighted by Crippen LogP contribution is 2.53. The first-order valence-corrected chi connectivity index (χ1v) is 12.2. The number of nitrogens with one attached hydrogen (secondary N) is 1. The smallest absolute Gasteiger partial charge is 0.244 e. The number of phenols is 1. The molecule has 6 heteroatoms. The molecular weight excluding hydrogens is 440 g/mol. The zero-order valence-electron chi connectivity index (χ0n) is 20.7. The standard InChI is InChI=1S/C29H36N2O4/c1-4-16-31-17-15-28(23-8-6-10-26(19-23)34-2)20-24(13-14-29(28,21-31)35-3)30-27(33)12-11-22-7-5-9-25(32)18-22/h4-12,18-19,24,32H,1,13-17,20-21H2,2-3H3,(H,30,33)/t24-,28-,29-/m0/s1. The molecule has 2 fully saturated rings. The Kier molecular flexibility index (Phi) is 7.63. The molecule has 6 nitrogen and oxygen atoms in total. The highest BCUT2D eigenvalue weighted by molar-refractivity contribution is 5.92. The van der Waals surface area contributed by atoms with E-state index in [4.69, 9.17) is 9.47 Å². The van der Waals surface area contributed by atoms with Crippen LogP contribution in [0.5, 0.6) is 11.5 Å². The van der Waals surface area contributed by atoms with Crippen molar-refractivity contribution in [2.45, 2.75) is 42.7 Å². The summed E-state index contributed by atoms with van der Waals surface area (Å²) in [7, 11) is 3.51. The molecule has 1 saturated heterocycles. The van der Waals surface area contributed by atoms with Gasteiger partial charge in [0.1, 0.15) is 11.5 Å². The number of hydrogen-bond acceptors (Lipinski definition) is 5. The number of likely N-dealkylation sites (tertiary alicyclic amines) is 1. The van der Waals surface area contributed by atoms with E-state index in [-0.39, 0.29) is 28.7 Å². The number of hydrogen-bond donors (Lipinski definition) is 2. The van der Waals surface area contributed by atoms with E-state index < -0.39 is 0 Å². The Morgan fingerprint density at radius 3 is 2.80 bits per heavy atom. The number of benzene rings is 2. The molecule has 1 amide bonds. The minimum atomic E-state index is -0.362. The summed E-state index contributed by atoms with van der Waals surface area (Å²) in [5.41, 5.74) is 1.37. The molecule has 3 atom stereocenters. The van der Waals surface area contributed by atoms with Crippen LogP contribution in [-0.4, -0.2) is 61.4 Å². The van der Waals surface area contributed by atoms with Crippen LogP contribution >= 0.6 is 0 Å². The Bertz CT molecular complexity index is 1080. The molecule has 0 unspecified atom stereocenters. The third kappa shape index (κ3) is 5.14. The molecule has 0 bridgehead atoms. The number of amides is 1. The third-order valence-electron chi connectivity index (χ3n) is 7.74. The largest absolute Gasteiger partial charge is 0.508 e. The summed E-state index contributed by atoms with van der Waals surface area (Å²) in [5.74, 6) is 0.877. The second-order valence-corrected chi connectivity index (χ2v) is 9.66. The average molecular weight is 477 g/mol. The molecule has 2 aliphatic rings. The second kappa shape index (κ2) is 10.7. The van der Waals surface area contributed by atoms with E-state index in [2.05, 4.69) is 28.9 Å². The predicted molar refractivity (Wildman–Crippen MR) is 139 cm³/mol. The molecule has 4 rings (SSSR count). The predicted octanol–water partition coefficient (Wildman–Crippen LogP) is 4.30. The molecule has 186 valence electrons. The van der Waals surface area contributed by atoms with Crippen molar-refractivity contribution in [3.8, 4) is 11.5 Å². The van der Waals surface area contributed by atoms with Gasteiger partial charge < -0.3 is 19.9 Å². The monoisotopic (exact) mass is 476 g/mol. The zero-order chi connectivity index (χ0) is 24.9. The maximum atomic E-state index is 12.8. The number of rotatable bonds is 8. The van der Waals surface area contributed by atoms with E-state index in [1.165, 1.54) is 11.6 Å². The van der Waals surface area contributed by atoms with Gasteiger partial charge in [0.2, 0.25) is 5.91 Å². The lowest BCUT2D eigenvalue weighted by Crippen LogP contribution is -2.67. The quantitative estimate of drug-likeness (QED) is 0.439. The number of methoxy groups -OCH3 is 2. The molecule has 0 spiro atoms. The zero-order valence-corrected chi connectivity index (χ0v) is 20.7. The maximum absolute atomic E-state index is 12.8. The lowest BCUT2D eigenvalue weighted by atomic mass is 9.55.